The van der Waals surface area contributed by atoms with Crippen LogP contribution >= 0.6 is 0 Å². The highest BCUT2D eigenvalue weighted by atomic mass is 19.1. The summed E-state index contributed by atoms with van der Waals surface area (Å²) in [4.78, 5) is 22.0. The third-order valence-corrected chi connectivity index (χ3v) is 4.84. The molecule has 4 rings (SSSR count). The normalized spacial score (nSPS) is 20.6. The summed E-state index contributed by atoms with van der Waals surface area (Å²) in [7, 11) is 0. The Morgan fingerprint density at radius 2 is 2.07 bits per heavy atom. The quantitative estimate of drug-likeness (QED) is 0.653. The minimum absolute atomic E-state index is 0.0244. The van der Waals surface area contributed by atoms with Crippen molar-refractivity contribution >= 4 is 27.9 Å². The first kappa shape index (κ1) is 17.8. The molecule has 142 valence electrons. The van der Waals surface area contributed by atoms with Gasteiger partial charge in [-0.15, -0.1) is 0 Å². The Kier molecular flexibility index (Phi) is 4.09. The van der Waals surface area contributed by atoms with Crippen LogP contribution in [0.25, 0.3) is 21.8 Å². The van der Waals surface area contributed by atoms with Crippen molar-refractivity contribution in [1.82, 2.24) is 14.9 Å². The van der Waals surface area contributed by atoms with Crippen molar-refractivity contribution in [3.05, 3.63) is 41.7 Å². The molecule has 1 saturated heterocycles. The number of ether oxygens (including phenoxy) is 1. The zero-order valence-corrected chi connectivity index (χ0v) is 16.0. The number of likely N-dealkylation sites (tertiary alicyclic amines) is 1. The summed E-state index contributed by atoms with van der Waals surface area (Å²) in [5.41, 5.74) is 2.28. The van der Waals surface area contributed by atoms with E-state index in [0.717, 1.165) is 21.8 Å². The molecule has 27 heavy (non-hydrogen) atoms. The van der Waals surface area contributed by atoms with Crippen molar-refractivity contribution < 1.29 is 13.9 Å². The molecule has 2 atom stereocenters. The number of hydrogen-bond donors (Lipinski definition) is 1. The molecule has 1 aromatic heterocycles. The lowest BCUT2D eigenvalue weighted by atomic mass is 10.1. The van der Waals surface area contributed by atoms with E-state index < -0.39 is 23.9 Å². The second kappa shape index (κ2) is 6.22. The molecule has 1 fully saturated rings. The van der Waals surface area contributed by atoms with Crippen LogP contribution < -0.4 is 0 Å². The van der Waals surface area contributed by atoms with Gasteiger partial charge in [-0.3, -0.25) is 4.90 Å². The van der Waals surface area contributed by atoms with Gasteiger partial charge in [-0.25, -0.2) is 14.2 Å². The maximum Gasteiger partial charge on any atom is 0.411 e. The third kappa shape index (κ3) is 3.36. The molecule has 1 amide bonds. The lowest BCUT2D eigenvalue weighted by Gasteiger charge is -2.27. The number of carbonyl (C=O) groups is 1. The summed E-state index contributed by atoms with van der Waals surface area (Å²) >= 11 is 0. The first-order valence-electron chi connectivity index (χ1n) is 9.24. The first-order chi connectivity index (χ1) is 12.7. The van der Waals surface area contributed by atoms with Crippen LogP contribution in [0.5, 0.6) is 0 Å². The van der Waals surface area contributed by atoms with E-state index in [4.69, 9.17) is 9.72 Å². The van der Waals surface area contributed by atoms with E-state index in [1.54, 1.807) is 20.8 Å². The number of fused-ring (bicyclic) bond motifs is 3. The second-order valence-electron chi connectivity index (χ2n) is 8.29. The number of aromatic amines is 1. The predicted molar refractivity (Wildman–Crippen MR) is 104 cm³/mol. The Balaban J connectivity index is 1.73. The van der Waals surface area contributed by atoms with Crippen LogP contribution in [0, 0.1) is 6.92 Å². The molecule has 5 nitrogen and oxygen atoms in total. The van der Waals surface area contributed by atoms with Crippen LogP contribution in [0.1, 0.15) is 44.6 Å². The molecule has 0 aliphatic carbocycles. The van der Waals surface area contributed by atoms with E-state index in [1.165, 1.54) is 10.5 Å². The molecule has 0 radical (unpaired) electrons. The largest absolute Gasteiger partial charge is 0.444 e. The van der Waals surface area contributed by atoms with E-state index in [0.29, 0.717) is 5.82 Å². The summed E-state index contributed by atoms with van der Waals surface area (Å²) in [6.07, 6.45) is -1.38. The van der Waals surface area contributed by atoms with Gasteiger partial charge in [0.2, 0.25) is 0 Å². The molecule has 0 bridgehead atoms. The number of carbonyl (C=O) groups excluding carboxylic acids is 1. The Labute approximate surface area is 157 Å². The molecule has 0 unspecified atom stereocenters. The van der Waals surface area contributed by atoms with Crippen molar-refractivity contribution in [1.29, 1.82) is 0 Å². The Morgan fingerprint density at radius 1 is 1.30 bits per heavy atom. The number of halogens is 1. The summed E-state index contributed by atoms with van der Waals surface area (Å²) in [6.45, 7) is 7.49. The number of imidazole rings is 1. The van der Waals surface area contributed by atoms with Crippen LogP contribution in [0.3, 0.4) is 0 Å². The average Bonchev–Trinajstić information content (AvgIpc) is 3.16. The van der Waals surface area contributed by atoms with Gasteiger partial charge in [0.15, 0.2) is 0 Å². The fourth-order valence-corrected chi connectivity index (χ4v) is 3.66. The molecule has 0 saturated carbocycles. The lowest BCUT2D eigenvalue weighted by molar-refractivity contribution is 0.0211. The summed E-state index contributed by atoms with van der Waals surface area (Å²) in [5, 5.41) is 2.15. The average molecular weight is 369 g/mol. The molecule has 1 aliphatic rings. The number of alkyl halides is 1. The van der Waals surface area contributed by atoms with Crippen molar-refractivity contribution in [2.45, 2.75) is 51.9 Å². The smallest absolute Gasteiger partial charge is 0.411 e. The van der Waals surface area contributed by atoms with Gasteiger partial charge in [0, 0.05) is 11.8 Å². The number of nitrogens with zero attached hydrogens (tertiary/aromatic N) is 2. The number of hydrogen-bond acceptors (Lipinski definition) is 3. The van der Waals surface area contributed by atoms with Crippen LogP contribution in [0.4, 0.5) is 9.18 Å². The number of aryl methyl sites for hydroxylation is 1. The molecular weight excluding hydrogens is 345 g/mol. The number of aromatic nitrogens is 2. The summed E-state index contributed by atoms with van der Waals surface area (Å²) < 4.78 is 19.6. The van der Waals surface area contributed by atoms with Crippen molar-refractivity contribution in [3.8, 4) is 0 Å². The lowest BCUT2D eigenvalue weighted by Crippen LogP contribution is -2.37. The second-order valence-corrected chi connectivity index (χ2v) is 8.29. The van der Waals surface area contributed by atoms with Crippen molar-refractivity contribution in [3.63, 3.8) is 0 Å². The summed E-state index contributed by atoms with van der Waals surface area (Å²) in [6, 6.07) is 9.79. The van der Waals surface area contributed by atoms with Crippen LogP contribution in [0.15, 0.2) is 30.3 Å². The number of amides is 1. The molecule has 1 N–H and O–H groups in total. The standard InChI is InChI=1S/C21H24FN3O2/c1-12-5-7-15-13(9-12)6-8-16-18(15)24-19(23-16)17-10-14(22)11-25(17)20(26)27-21(2,3)4/h5-9,14,17H,10-11H2,1-4H3,(H,23,24)/t14-,17+/m1/s1. The van der Waals surface area contributed by atoms with E-state index in [1.807, 2.05) is 12.1 Å². The zero-order valence-electron chi connectivity index (χ0n) is 16.0. The Morgan fingerprint density at radius 3 is 2.81 bits per heavy atom. The van der Waals surface area contributed by atoms with E-state index in [-0.39, 0.29) is 13.0 Å². The Hall–Kier alpha value is -2.63. The molecule has 2 aromatic carbocycles. The number of H-pyrrole nitrogens is 1. The summed E-state index contributed by atoms with van der Waals surface area (Å²) in [5.74, 6) is 0.601. The number of benzene rings is 2. The maximum atomic E-state index is 14.2. The van der Waals surface area contributed by atoms with Gasteiger partial charge >= 0.3 is 6.09 Å². The minimum atomic E-state index is -1.09. The Bertz CT molecular complexity index is 1020. The first-order valence-corrected chi connectivity index (χ1v) is 9.24. The predicted octanol–water partition coefficient (Wildman–Crippen LogP) is 5.04. The highest BCUT2D eigenvalue weighted by Crippen LogP contribution is 2.35. The van der Waals surface area contributed by atoms with Gasteiger partial charge in [-0.05, 0) is 39.1 Å². The van der Waals surface area contributed by atoms with E-state index in [9.17, 15) is 9.18 Å². The number of nitrogens with one attached hydrogen (secondary N) is 1. The van der Waals surface area contributed by atoms with Crippen LogP contribution in [-0.4, -0.2) is 39.3 Å². The van der Waals surface area contributed by atoms with Crippen LogP contribution in [-0.2, 0) is 4.74 Å². The van der Waals surface area contributed by atoms with Gasteiger partial charge in [-0.2, -0.15) is 0 Å². The van der Waals surface area contributed by atoms with Gasteiger partial charge in [0.05, 0.1) is 23.6 Å². The van der Waals surface area contributed by atoms with E-state index in [2.05, 4.69) is 30.1 Å². The van der Waals surface area contributed by atoms with Gasteiger partial charge < -0.3 is 9.72 Å². The fraction of sp³-hybridized carbons (Fsp3) is 0.429. The molecule has 3 aromatic rings. The minimum Gasteiger partial charge on any atom is -0.444 e. The number of rotatable bonds is 1. The maximum absolute atomic E-state index is 14.2. The molecule has 1 aliphatic heterocycles. The monoisotopic (exact) mass is 369 g/mol. The molecule has 6 heteroatoms. The van der Waals surface area contributed by atoms with Crippen molar-refractivity contribution in [2.75, 3.05) is 6.54 Å². The van der Waals surface area contributed by atoms with Gasteiger partial charge in [-0.1, -0.05) is 29.8 Å². The van der Waals surface area contributed by atoms with Gasteiger partial charge in [0.25, 0.3) is 0 Å². The third-order valence-electron chi connectivity index (χ3n) is 4.84. The van der Waals surface area contributed by atoms with Crippen LogP contribution in [0.2, 0.25) is 0 Å². The van der Waals surface area contributed by atoms with Crippen molar-refractivity contribution in [2.24, 2.45) is 0 Å². The fourth-order valence-electron chi connectivity index (χ4n) is 3.66. The highest BCUT2D eigenvalue weighted by Gasteiger charge is 2.40. The SMILES string of the molecule is Cc1ccc2c(ccc3[nH]c([C@@H]4C[C@@H](F)CN4C(=O)OC(C)(C)C)nc32)c1. The molecule has 2 heterocycles. The topological polar surface area (TPSA) is 58.2 Å². The zero-order chi connectivity index (χ0) is 19.3. The highest BCUT2D eigenvalue weighted by molar-refractivity contribution is 6.04. The van der Waals surface area contributed by atoms with E-state index >= 15 is 0 Å². The van der Waals surface area contributed by atoms with Gasteiger partial charge in [0.1, 0.15) is 17.6 Å². The molecular formula is C21H24FN3O2. The molecule has 0 spiro atoms.